The number of methoxy groups -OCH3 is 3. The van der Waals surface area contributed by atoms with E-state index in [1.807, 2.05) is 6.07 Å². The van der Waals surface area contributed by atoms with Crippen molar-refractivity contribution in [2.24, 2.45) is 0 Å². The number of hydrogen-bond donors (Lipinski definition) is 1. The third-order valence-electron chi connectivity index (χ3n) is 3.50. The van der Waals surface area contributed by atoms with Gasteiger partial charge < -0.3 is 19.5 Å². The summed E-state index contributed by atoms with van der Waals surface area (Å²) in [5, 5.41) is 2.68. The molecule has 126 valence electrons. The molecule has 0 aliphatic rings. The molecule has 0 spiro atoms. The van der Waals surface area contributed by atoms with Gasteiger partial charge in [-0.2, -0.15) is 0 Å². The van der Waals surface area contributed by atoms with Gasteiger partial charge in [0, 0.05) is 0 Å². The highest BCUT2D eigenvalue weighted by Gasteiger charge is 2.27. The van der Waals surface area contributed by atoms with Gasteiger partial charge in [-0.1, -0.05) is 36.4 Å². The van der Waals surface area contributed by atoms with Crippen molar-refractivity contribution in [3.63, 3.8) is 0 Å². The molecule has 0 aromatic heterocycles. The van der Waals surface area contributed by atoms with Crippen LogP contribution in [0.4, 0.5) is 0 Å². The predicted molar refractivity (Wildman–Crippen MR) is 88.2 cm³/mol. The minimum Gasteiger partial charge on any atom is -0.496 e. The summed E-state index contributed by atoms with van der Waals surface area (Å²) in [7, 11) is 4.19. The smallest absolute Gasteiger partial charge is 0.333 e. The fraction of sp³-hybridized carbons (Fsp3) is 0.222. The van der Waals surface area contributed by atoms with Crippen LogP contribution in [-0.2, 0) is 9.53 Å². The van der Waals surface area contributed by atoms with Crippen molar-refractivity contribution in [1.82, 2.24) is 5.32 Å². The summed E-state index contributed by atoms with van der Waals surface area (Å²) in [6.07, 6.45) is 0. The van der Waals surface area contributed by atoms with Crippen molar-refractivity contribution in [3.05, 3.63) is 59.7 Å². The average molecular weight is 329 g/mol. The molecular weight excluding hydrogens is 310 g/mol. The maximum atomic E-state index is 12.7. The number of hydrogen-bond acceptors (Lipinski definition) is 5. The van der Waals surface area contributed by atoms with E-state index in [0.29, 0.717) is 17.1 Å². The first kappa shape index (κ1) is 17.3. The average Bonchev–Trinajstić information content (AvgIpc) is 2.65. The Morgan fingerprint density at radius 3 is 1.96 bits per heavy atom. The molecule has 1 amide bonds. The van der Waals surface area contributed by atoms with Crippen LogP contribution in [0.15, 0.2) is 48.5 Å². The summed E-state index contributed by atoms with van der Waals surface area (Å²) in [5.41, 5.74) is 0.832. The van der Waals surface area contributed by atoms with Crippen LogP contribution in [0, 0.1) is 0 Å². The van der Waals surface area contributed by atoms with Crippen LogP contribution in [0.1, 0.15) is 22.0 Å². The van der Waals surface area contributed by atoms with Gasteiger partial charge in [-0.25, -0.2) is 4.79 Å². The standard InChI is InChI=1S/C18H19NO5/c1-22-13-10-7-11-14(23-2)15(13)17(20)19-16(18(21)24-3)12-8-5-4-6-9-12/h4-11,16H,1-3H3,(H,19,20). The lowest BCUT2D eigenvalue weighted by atomic mass is 10.1. The quantitative estimate of drug-likeness (QED) is 0.824. The molecule has 0 saturated heterocycles. The van der Waals surface area contributed by atoms with Gasteiger partial charge in [-0.05, 0) is 17.7 Å². The molecule has 6 heteroatoms. The Hall–Kier alpha value is -3.02. The van der Waals surface area contributed by atoms with Crippen molar-refractivity contribution in [1.29, 1.82) is 0 Å². The van der Waals surface area contributed by atoms with E-state index in [4.69, 9.17) is 14.2 Å². The fourth-order valence-electron chi connectivity index (χ4n) is 2.32. The SMILES string of the molecule is COC(=O)C(NC(=O)c1c(OC)cccc1OC)c1ccccc1. The van der Waals surface area contributed by atoms with Gasteiger partial charge in [-0.15, -0.1) is 0 Å². The van der Waals surface area contributed by atoms with Crippen LogP contribution < -0.4 is 14.8 Å². The van der Waals surface area contributed by atoms with Crippen molar-refractivity contribution < 1.29 is 23.8 Å². The molecule has 2 rings (SSSR count). The van der Waals surface area contributed by atoms with E-state index in [1.54, 1.807) is 42.5 Å². The van der Waals surface area contributed by atoms with E-state index in [-0.39, 0.29) is 5.56 Å². The largest absolute Gasteiger partial charge is 0.496 e. The zero-order chi connectivity index (χ0) is 17.5. The molecule has 2 aromatic rings. The van der Waals surface area contributed by atoms with E-state index in [1.165, 1.54) is 21.3 Å². The Balaban J connectivity index is 2.37. The van der Waals surface area contributed by atoms with Crippen LogP contribution in [0.25, 0.3) is 0 Å². The van der Waals surface area contributed by atoms with Gasteiger partial charge in [-0.3, -0.25) is 4.79 Å². The van der Waals surface area contributed by atoms with Gasteiger partial charge >= 0.3 is 5.97 Å². The highest BCUT2D eigenvalue weighted by atomic mass is 16.5. The minimum atomic E-state index is -0.932. The molecule has 0 saturated carbocycles. The first-order valence-corrected chi connectivity index (χ1v) is 7.27. The molecule has 1 N–H and O–H groups in total. The number of nitrogens with one attached hydrogen (secondary N) is 1. The normalized spacial score (nSPS) is 11.3. The number of esters is 1. The lowest BCUT2D eigenvalue weighted by molar-refractivity contribution is -0.143. The summed E-state index contributed by atoms with van der Waals surface area (Å²) in [6.45, 7) is 0. The molecule has 24 heavy (non-hydrogen) atoms. The third-order valence-corrected chi connectivity index (χ3v) is 3.50. The molecule has 1 atom stereocenters. The number of benzene rings is 2. The van der Waals surface area contributed by atoms with Crippen LogP contribution in [0.2, 0.25) is 0 Å². The van der Waals surface area contributed by atoms with Gasteiger partial charge in [0.05, 0.1) is 21.3 Å². The molecule has 0 bridgehead atoms. The van der Waals surface area contributed by atoms with Crippen molar-refractivity contribution in [2.75, 3.05) is 21.3 Å². The molecule has 0 radical (unpaired) electrons. The molecule has 2 aromatic carbocycles. The third kappa shape index (κ3) is 3.65. The summed E-state index contributed by atoms with van der Waals surface area (Å²) < 4.78 is 15.3. The lowest BCUT2D eigenvalue weighted by Gasteiger charge is -2.19. The van der Waals surface area contributed by atoms with Gasteiger partial charge in [0.25, 0.3) is 5.91 Å². The van der Waals surface area contributed by atoms with Crippen LogP contribution in [0.3, 0.4) is 0 Å². The van der Waals surface area contributed by atoms with Crippen molar-refractivity contribution in [3.8, 4) is 11.5 Å². The summed E-state index contributed by atoms with van der Waals surface area (Å²) >= 11 is 0. The van der Waals surface area contributed by atoms with E-state index in [2.05, 4.69) is 5.32 Å². The summed E-state index contributed by atoms with van der Waals surface area (Å²) in [5.74, 6) is -0.362. The van der Waals surface area contributed by atoms with Crippen molar-refractivity contribution in [2.45, 2.75) is 6.04 Å². The number of amides is 1. The molecule has 0 aliphatic heterocycles. The van der Waals surface area contributed by atoms with E-state index in [9.17, 15) is 9.59 Å². The zero-order valence-electron chi connectivity index (χ0n) is 13.7. The Morgan fingerprint density at radius 2 is 1.46 bits per heavy atom. The first-order chi connectivity index (χ1) is 11.6. The summed E-state index contributed by atoms with van der Waals surface area (Å²) in [4.78, 5) is 24.8. The van der Waals surface area contributed by atoms with E-state index in [0.717, 1.165) is 0 Å². The van der Waals surface area contributed by atoms with Gasteiger partial charge in [0.15, 0.2) is 6.04 Å². The molecule has 6 nitrogen and oxygen atoms in total. The maximum Gasteiger partial charge on any atom is 0.333 e. The van der Waals surface area contributed by atoms with Gasteiger partial charge in [0.1, 0.15) is 17.1 Å². The van der Waals surface area contributed by atoms with Crippen LogP contribution in [-0.4, -0.2) is 33.2 Å². The summed E-state index contributed by atoms with van der Waals surface area (Å²) in [6, 6.07) is 12.9. The Morgan fingerprint density at radius 1 is 0.875 bits per heavy atom. The highest BCUT2D eigenvalue weighted by molar-refractivity contribution is 6.01. The van der Waals surface area contributed by atoms with Crippen LogP contribution >= 0.6 is 0 Å². The predicted octanol–water partition coefficient (Wildman–Crippen LogP) is 2.35. The van der Waals surface area contributed by atoms with E-state index < -0.39 is 17.9 Å². The number of carbonyl (C=O) groups is 2. The highest BCUT2D eigenvalue weighted by Crippen LogP contribution is 2.29. The minimum absolute atomic E-state index is 0.215. The number of carbonyl (C=O) groups excluding carboxylic acids is 2. The molecule has 0 aliphatic carbocycles. The number of rotatable bonds is 6. The zero-order valence-corrected chi connectivity index (χ0v) is 13.7. The lowest BCUT2D eigenvalue weighted by Crippen LogP contribution is -2.35. The van der Waals surface area contributed by atoms with E-state index >= 15 is 0 Å². The monoisotopic (exact) mass is 329 g/mol. The van der Waals surface area contributed by atoms with Gasteiger partial charge in [0.2, 0.25) is 0 Å². The Kier molecular flexibility index (Phi) is 5.78. The van der Waals surface area contributed by atoms with Crippen LogP contribution in [0.5, 0.6) is 11.5 Å². The fourth-order valence-corrected chi connectivity index (χ4v) is 2.32. The van der Waals surface area contributed by atoms with Crippen molar-refractivity contribution >= 4 is 11.9 Å². The molecule has 0 heterocycles. The Labute approximate surface area is 140 Å². The molecule has 1 unspecified atom stereocenters. The Bertz CT molecular complexity index is 692. The first-order valence-electron chi connectivity index (χ1n) is 7.27. The second kappa shape index (κ2) is 8.01. The molecular formula is C18H19NO5. The second-order valence-electron chi connectivity index (χ2n) is 4.88. The maximum absolute atomic E-state index is 12.7. The molecule has 0 fully saturated rings. The second-order valence-corrected chi connectivity index (χ2v) is 4.88. The number of ether oxygens (including phenoxy) is 3. The topological polar surface area (TPSA) is 73.9 Å².